The summed E-state index contributed by atoms with van der Waals surface area (Å²) in [6, 6.07) is 0. The molecule has 0 aliphatic rings. The second kappa shape index (κ2) is 6.42. The largest absolute Gasteiger partial charge is 0.370 e. The number of carbonyl (C=O) groups is 2. The first kappa shape index (κ1) is 11.9. The van der Waals surface area contributed by atoms with Crippen LogP contribution in [0.25, 0.3) is 0 Å². The molecule has 0 spiro atoms. The van der Waals surface area contributed by atoms with Crippen LogP contribution < -0.4 is 11.2 Å². The highest BCUT2D eigenvalue weighted by molar-refractivity contribution is 5.77. The van der Waals surface area contributed by atoms with Crippen LogP contribution in [0.5, 0.6) is 0 Å². The first-order valence-electron chi connectivity index (χ1n) is 4.25. The third kappa shape index (κ3) is 7.27. The molecule has 0 fully saturated rings. The number of nitrogens with two attached hydrogens (primary N) is 1. The molecule has 0 saturated carbocycles. The quantitative estimate of drug-likeness (QED) is 0.574. The Morgan fingerprint density at radius 3 is 2.54 bits per heavy atom. The molecule has 1 atom stereocenters. The summed E-state index contributed by atoms with van der Waals surface area (Å²) in [5.41, 5.74) is 7.21. The zero-order chi connectivity index (χ0) is 10.3. The molecule has 13 heavy (non-hydrogen) atoms. The highest BCUT2D eigenvalue weighted by atomic mass is 16.6. The molecule has 2 amide bonds. The van der Waals surface area contributed by atoms with E-state index in [4.69, 9.17) is 5.73 Å². The summed E-state index contributed by atoms with van der Waals surface area (Å²) in [6.45, 7) is 3.99. The summed E-state index contributed by atoms with van der Waals surface area (Å²) >= 11 is 0. The van der Waals surface area contributed by atoms with E-state index in [0.717, 1.165) is 0 Å². The number of nitrogens with one attached hydrogen (secondary N) is 1. The molecule has 76 valence electrons. The molecule has 0 aliphatic carbocycles. The molecule has 0 heterocycles. The van der Waals surface area contributed by atoms with Crippen LogP contribution in [0.1, 0.15) is 26.7 Å². The zero-order valence-electron chi connectivity index (χ0n) is 8.00. The van der Waals surface area contributed by atoms with Gasteiger partial charge in [-0.1, -0.05) is 6.92 Å². The second-order valence-corrected chi connectivity index (χ2v) is 2.94. The second-order valence-electron chi connectivity index (χ2n) is 2.94. The van der Waals surface area contributed by atoms with E-state index in [1.165, 1.54) is 0 Å². The molecule has 0 aromatic carbocycles. The molecule has 0 unspecified atom stereocenters. The van der Waals surface area contributed by atoms with E-state index in [2.05, 4.69) is 10.3 Å². The molecule has 0 aromatic heterocycles. The average molecular weight is 188 g/mol. The number of rotatable bonds is 6. The lowest BCUT2D eigenvalue weighted by molar-refractivity contribution is -0.134. The Kier molecular flexibility index (Phi) is 5.88. The van der Waals surface area contributed by atoms with Crippen molar-refractivity contribution >= 4 is 11.8 Å². The van der Waals surface area contributed by atoms with Crippen LogP contribution in [0.3, 0.4) is 0 Å². The summed E-state index contributed by atoms with van der Waals surface area (Å²) in [5.74, 6) is -0.662. The predicted octanol–water partition coefficient (Wildman–Crippen LogP) is -0.0443. The monoisotopic (exact) mass is 188 g/mol. The van der Waals surface area contributed by atoms with Crippen molar-refractivity contribution in [1.29, 1.82) is 0 Å². The Bertz CT molecular complexity index is 182. The maximum Gasteiger partial charge on any atom is 0.243 e. The maximum absolute atomic E-state index is 11.0. The molecular formula is C8H16N2O3. The van der Waals surface area contributed by atoms with Crippen LogP contribution in [-0.2, 0) is 14.4 Å². The zero-order valence-corrected chi connectivity index (χ0v) is 8.00. The molecule has 5 heteroatoms. The molecule has 0 rings (SSSR count). The fraction of sp³-hybridized carbons (Fsp3) is 0.750. The van der Waals surface area contributed by atoms with E-state index in [1.807, 2.05) is 0 Å². The van der Waals surface area contributed by atoms with Gasteiger partial charge in [-0.3, -0.25) is 14.4 Å². The summed E-state index contributed by atoms with van der Waals surface area (Å²) in [7, 11) is 0. The molecule has 0 aromatic rings. The molecular weight excluding hydrogens is 172 g/mol. The lowest BCUT2D eigenvalue weighted by atomic mass is 10.0. The van der Waals surface area contributed by atoms with Gasteiger partial charge in [0, 0.05) is 12.8 Å². The molecule has 0 radical (unpaired) electrons. The standard InChI is InChI=1S/C8H16N2O3/c1-3-13-10-8(12)5-6(2)4-7(9)11/h6H,3-5H2,1-2H3,(H2,9,11)(H,10,12)/t6-/m1/s1. The Morgan fingerprint density at radius 1 is 1.46 bits per heavy atom. The van der Waals surface area contributed by atoms with Crippen molar-refractivity contribution in [2.45, 2.75) is 26.7 Å². The van der Waals surface area contributed by atoms with Gasteiger partial charge in [0.2, 0.25) is 11.8 Å². The van der Waals surface area contributed by atoms with Crippen LogP contribution >= 0.6 is 0 Å². The minimum absolute atomic E-state index is 0.0436. The third-order valence-electron chi connectivity index (χ3n) is 1.41. The van der Waals surface area contributed by atoms with Gasteiger partial charge >= 0.3 is 0 Å². The first-order chi connectivity index (χ1) is 6.06. The van der Waals surface area contributed by atoms with Crippen LogP contribution in [0.4, 0.5) is 0 Å². The van der Waals surface area contributed by atoms with Crippen molar-refractivity contribution in [2.75, 3.05) is 6.61 Å². The van der Waals surface area contributed by atoms with Gasteiger partial charge in [0.15, 0.2) is 0 Å². The Balaban J connectivity index is 3.59. The Labute approximate surface area is 77.6 Å². The van der Waals surface area contributed by atoms with Crippen molar-refractivity contribution in [3.05, 3.63) is 0 Å². The summed E-state index contributed by atoms with van der Waals surface area (Å²) in [6.07, 6.45) is 0.475. The van der Waals surface area contributed by atoms with Crippen LogP contribution in [0.2, 0.25) is 0 Å². The molecule has 0 bridgehead atoms. The van der Waals surface area contributed by atoms with E-state index < -0.39 is 5.91 Å². The predicted molar refractivity (Wildman–Crippen MR) is 47.4 cm³/mol. The molecule has 3 N–H and O–H groups in total. The number of hydrogen-bond donors (Lipinski definition) is 2. The lowest BCUT2D eigenvalue weighted by Crippen LogP contribution is -2.26. The van der Waals surface area contributed by atoms with Crippen molar-refractivity contribution in [3.63, 3.8) is 0 Å². The highest BCUT2D eigenvalue weighted by Crippen LogP contribution is 2.05. The number of hydroxylamine groups is 1. The van der Waals surface area contributed by atoms with E-state index in [0.29, 0.717) is 6.61 Å². The van der Waals surface area contributed by atoms with Gasteiger partial charge in [-0.15, -0.1) is 0 Å². The number of amides is 2. The van der Waals surface area contributed by atoms with Gasteiger partial charge in [0.05, 0.1) is 6.61 Å². The summed E-state index contributed by atoms with van der Waals surface area (Å²) in [4.78, 5) is 26.2. The summed E-state index contributed by atoms with van der Waals surface area (Å²) in [5, 5.41) is 0. The van der Waals surface area contributed by atoms with Gasteiger partial charge in [-0.05, 0) is 12.8 Å². The minimum Gasteiger partial charge on any atom is -0.370 e. The van der Waals surface area contributed by atoms with Gasteiger partial charge in [0.25, 0.3) is 0 Å². The van der Waals surface area contributed by atoms with Crippen molar-refractivity contribution in [1.82, 2.24) is 5.48 Å². The lowest BCUT2D eigenvalue weighted by Gasteiger charge is -2.08. The van der Waals surface area contributed by atoms with E-state index in [1.54, 1.807) is 13.8 Å². The Hall–Kier alpha value is -1.10. The van der Waals surface area contributed by atoms with Crippen molar-refractivity contribution < 1.29 is 14.4 Å². The fourth-order valence-electron chi connectivity index (χ4n) is 0.926. The van der Waals surface area contributed by atoms with E-state index in [-0.39, 0.29) is 24.7 Å². The number of hydrogen-bond acceptors (Lipinski definition) is 3. The smallest absolute Gasteiger partial charge is 0.243 e. The third-order valence-corrected chi connectivity index (χ3v) is 1.41. The van der Waals surface area contributed by atoms with Gasteiger partial charge in [-0.25, -0.2) is 5.48 Å². The number of carbonyl (C=O) groups excluding carboxylic acids is 2. The van der Waals surface area contributed by atoms with Crippen LogP contribution in [0.15, 0.2) is 0 Å². The number of primary amides is 1. The van der Waals surface area contributed by atoms with Crippen LogP contribution in [0, 0.1) is 5.92 Å². The minimum atomic E-state index is -0.392. The van der Waals surface area contributed by atoms with E-state index >= 15 is 0 Å². The van der Waals surface area contributed by atoms with Gasteiger partial charge in [0.1, 0.15) is 0 Å². The normalized spacial score (nSPS) is 12.2. The van der Waals surface area contributed by atoms with E-state index in [9.17, 15) is 9.59 Å². The van der Waals surface area contributed by atoms with Gasteiger partial charge < -0.3 is 5.73 Å². The molecule has 0 aliphatic heterocycles. The maximum atomic E-state index is 11.0. The Morgan fingerprint density at radius 2 is 2.08 bits per heavy atom. The SMILES string of the molecule is CCONC(=O)C[C@H](C)CC(N)=O. The fourth-order valence-corrected chi connectivity index (χ4v) is 0.926. The van der Waals surface area contributed by atoms with Gasteiger partial charge in [-0.2, -0.15) is 0 Å². The topological polar surface area (TPSA) is 81.4 Å². The van der Waals surface area contributed by atoms with Crippen molar-refractivity contribution in [3.8, 4) is 0 Å². The first-order valence-corrected chi connectivity index (χ1v) is 4.25. The molecule has 5 nitrogen and oxygen atoms in total. The summed E-state index contributed by atoms with van der Waals surface area (Å²) < 4.78 is 0. The average Bonchev–Trinajstić information content (AvgIpc) is 1.98. The highest BCUT2D eigenvalue weighted by Gasteiger charge is 2.10. The van der Waals surface area contributed by atoms with Crippen molar-refractivity contribution in [2.24, 2.45) is 11.7 Å². The molecule has 0 saturated heterocycles. The van der Waals surface area contributed by atoms with Crippen LogP contribution in [-0.4, -0.2) is 18.4 Å².